The molecule has 1 aromatic rings. The van der Waals surface area contributed by atoms with E-state index in [9.17, 15) is 4.79 Å². The van der Waals surface area contributed by atoms with E-state index in [2.05, 4.69) is 9.78 Å². The molecule has 2 saturated carbocycles. The number of aromatic nitrogens is 2. The maximum Gasteiger partial charge on any atom is 0.141 e. The van der Waals surface area contributed by atoms with E-state index in [4.69, 9.17) is 4.74 Å². The van der Waals surface area contributed by atoms with Gasteiger partial charge in [-0.3, -0.25) is 9.48 Å². The molecule has 110 valence electrons. The molecule has 0 saturated heterocycles. The maximum atomic E-state index is 12.2. The highest BCUT2D eigenvalue weighted by Crippen LogP contribution is 2.38. The molecule has 0 unspecified atom stereocenters. The lowest BCUT2D eigenvalue weighted by molar-refractivity contribution is -0.131. The smallest absolute Gasteiger partial charge is 0.141 e. The Morgan fingerprint density at radius 3 is 2.75 bits per heavy atom. The lowest BCUT2D eigenvalue weighted by Crippen LogP contribution is -2.41. The number of hydrogen-bond donors (Lipinski definition) is 0. The highest BCUT2D eigenvalue weighted by Gasteiger charge is 2.38. The minimum absolute atomic E-state index is 0.162. The monoisotopic (exact) mass is 276 g/mol. The Morgan fingerprint density at radius 1 is 1.40 bits per heavy atom. The molecule has 0 amide bonds. The van der Waals surface area contributed by atoms with E-state index in [1.165, 1.54) is 32.1 Å². The highest BCUT2D eigenvalue weighted by molar-refractivity contribution is 5.81. The van der Waals surface area contributed by atoms with Gasteiger partial charge in [-0.05, 0) is 38.2 Å². The number of methoxy groups -OCH3 is 1. The first-order chi connectivity index (χ1) is 9.71. The van der Waals surface area contributed by atoms with E-state index in [1.807, 2.05) is 12.3 Å². The molecule has 1 aromatic heterocycles. The second-order valence-corrected chi connectivity index (χ2v) is 6.36. The topological polar surface area (TPSA) is 44.1 Å². The second kappa shape index (κ2) is 5.68. The minimum atomic E-state index is -0.162. The van der Waals surface area contributed by atoms with Gasteiger partial charge in [-0.1, -0.05) is 12.8 Å². The molecule has 0 atom stereocenters. The Hall–Kier alpha value is -1.16. The number of ketones is 1. The van der Waals surface area contributed by atoms with E-state index < -0.39 is 0 Å². The quantitative estimate of drug-likeness (QED) is 0.802. The van der Waals surface area contributed by atoms with E-state index in [0.29, 0.717) is 18.9 Å². The Morgan fingerprint density at radius 2 is 2.15 bits per heavy atom. The summed E-state index contributed by atoms with van der Waals surface area (Å²) in [7, 11) is 1.72. The van der Waals surface area contributed by atoms with Crippen molar-refractivity contribution in [3.05, 3.63) is 18.0 Å². The molecule has 0 bridgehead atoms. The highest BCUT2D eigenvalue weighted by atomic mass is 16.5. The summed E-state index contributed by atoms with van der Waals surface area (Å²) in [6, 6.07) is 2.55. The van der Waals surface area contributed by atoms with Gasteiger partial charge in [-0.25, -0.2) is 0 Å². The third-order valence-electron chi connectivity index (χ3n) is 4.96. The summed E-state index contributed by atoms with van der Waals surface area (Å²) in [6.07, 6.45) is 11.3. The van der Waals surface area contributed by atoms with Crippen LogP contribution < -0.4 is 0 Å². The van der Waals surface area contributed by atoms with Crippen LogP contribution in [0, 0.1) is 0 Å². The molecule has 4 nitrogen and oxygen atoms in total. The molecule has 0 N–H and O–H groups in total. The Bertz CT molecular complexity index is 465. The molecule has 2 aliphatic carbocycles. The first-order valence-corrected chi connectivity index (χ1v) is 7.82. The summed E-state index contributed by atoms with van der Waals surface area (Å²) in [5.41, 5.74) is 0.748. The molecule has 2 fully saturated rings. The van der Waals surface area contributed by atoms with Crippen molar-refractivity contribution >= 4 is 5.78 Å². The Labute approximate surface area is 120 Å². The Balaban J connectivity index is 1.56. The third kappa shape index (κ3) is 2.80. The van der Waals surface area contributed by atoms with Gasteiger partial charge in [0.2, 0.25) is 0 Å². The number of nitrogens with zero attached hydrogens (tertiary/aromatic N) is 2. The van der Waals surface area contributed by atoms with Crippen LogP contribution in [0.15, 0.2) is 12.3 Å². The number of hydrogen-bond acceptors (Lipinski definition) is 3. The van der Waals surface area contributed by atoms with E-state index >= 15 is 0 Å². The van der Waals surface area contributed by atoms with Crippen LogP contribution >= 0.6 is 0 Å². The molecule has 4 heteroatoms. The van der Waals surface area contributed by atoms with Crippen molar-refractivity contribution in [3.8, 4) is 0 Å². The van der Waals surface area contributed by atoms with Crippen LogP contribution in [0.25, 0.3) is 0 Å². The number of carbonyl (C=O) groups is 1. The van der Waals surface area contributed by atoms with Crippen LogP contribution in [0.1, 0.15) is 63.1 Å². The summed E-state index contributed by atoms with van der Waals surface area (Å²) in [5, 5.41) is 4.59. The summed E-state index contributed by atoms with van der Waals surface area (Å²) in [5.74, 6) is 0.253. The van der Waals surface area contributed by atoms with E-state index in [1.54, 1.807) is 7.11 Å². The fourth-order valence-corrected chi connectivity index (χ4v) is 3.49. The number of rotatable bonds is 6. The van der Waals surface area contributed by atoms with Crippen molar-refractivity contribution in [1.29, 1.82) is 0 Å². The average molecular weight is 276 g/mol. The van der Waals surface area contributed by atoms with Crippen molar-refractivity contribution in [2.75, 3.05) is 7.11 Å². The van der Waals surface area contributed by atoms with Gasteiger partial charge in [0.05, 0.1) is 23.8 Å². The maximum absolute atomic E-state index is 12.2. The summed E-state index contributed by atoms with van der Waals surface area (Å²) in [4.78, 5) is 12.2. The van der Waals surface area contributed by atoms with Crippen LogP contribution in [0.4, 0.5) is 0 Å². The van der Waals surface area contributed by atoms with Crippen LogP contribution in [0.3, 0.4) is 0 Å². The van der Waals surface area contributed by atoms with Gasteiger partial charge in [0.1, 0.15) is 5.78 Å². The van der Waals surface area contributed by atoms with Crippen molar-refractivity contribution in [1.82, 2.24) is 9.78 Å². The first-order valence-electron chi connectivity index (χ1n) is 7.82. The van der Waals surface area contributed by atoms with Crippen LogP contribution in [-0.2, 0) is 16.0 Å². The molecule has 2 aliphatic rings. The van der Waals surface area contributed by atoms with E-state index in [0.717, 1.165) is 18.5 Å². The van der Waals surface area contributed by atoms with Gasteiger partial charge in [-0.15, -0.1) is 0 Å². The minimum Gasteiger partial charge on any atom is -0.378 e. The average Bonchev–Trinajstić information content (AvgIpc) is 3.03. The van der Waals surface area contributed by atoms with Crippen molar-refractivity contribution in [2.24, 2.45) is 0 Å². The van der Waals surface area contributed by atoms with Gasteiger partial charge in [0.25, 0.3) is 0 Å². The normalized spacial score (nSPS) is 21.9. The molecule has 1 heterocycles. The summed E-state index contributed by atoms with van der Waals surface area (Å²) in [6.45, 7) is 0. The molecule has 0 aliphatic heterocycles. The fraction of sp³-hybridized carbons (Fsp3) is 0.750. The summed E-state index contributed by atoms with van der Waals surface area (Å²) >= 11 is 0. The van der Waals surface area contributed by atoms with Crippen LogP contribution in [0.2, 0.25) is 0 Å². The van der Waals surface area contributed by atoms with Crippen LogP contribution in [-0.4, -0.2) is 28.3 Å². The second-order valence-electron chi connectivity index (χ2n) is 6.36. The SMILES string of the molecule is COC1(CC(=O)Cc2ccn(C3CCCC3)n2)CCC1. The predicted molar refractivity (Wildman–Crippen MR) is 76.7 cm³/mol. The zero-order valence-corrected chi connectivity index (χ0v) is 12.3. The van der Waals surface area contributed by atoms with Gasteiger partial charge in [-0.2, -0.15) is 5.10 Å². The predicted octanol–water partition coefficient (Wildman–Crippen LogP) is 3.07. The molecular formula is C16H24N2O2. The molecule has 0 aromatic carbocycles. The van der Waals surface area contributed by atoms with Crippen molar-refractivity contribution in [2.45, 2.75) is 69.4 Å². The largest absolute Gasteiger partial charge is 0.378 e. The van der Waals surface area contributed by atoms with E-state index in [-0.39, 0.29) is 11.4 Å². The lowest BCUT2D eigenvalue weighted by atomic mass is 9.76. The van der Waals surface area contributed by atoms with Gasteiger partial charge < -0.3 is 4.74 Å². The van der Waals surface area contributed by atoms with Gasteiger partial charge in [0, 0.05) is 19.7 Å². The summed E-state index contributed by atoms with van der Waals surface area (Å²) < 4.78 is 7.58. The molecular weight excluding hydrogens is 252 g/mol. The zero-order chi connectivity index (χ0) is 14.0. The van der Waals surface area contributed by atoms with Gasteiger partial charge in [0.15, 0.2) is 0 Å². The third-order valence-corrected chi connectivity index (χ3v) is 4.96. The fourth-order valence-electron chi connectivity index (χ4n) is 3.49. The zero-order valence-electron chi connectivity index (χ0n) is 12.3. The number of ether oxygens (including phenoxy) is 1. The first kappa shape index (κ1) is 13.8. The Kier molecular flexibility index (Phi) is 3.92. The molecule has 3 rings (SSSR count). The van der Waals surface area contributed by atoms with Gasteiger partial charge >= 0.3 is 0 Å². The molecule has 0 spiro atoms. The lowest BCUT2D eigenvalue weighted by Gasteiger charge is -2.40. The standard InChI is InChI=1S/C16H24N2O2/c1-20-16(8-4-9-16)12-15(19)11-13-7-10-18(17-13)14-5-2-3-6-14/h7,10,14H,2-6,8-9,11-12H2,1H3. The number of carbonyl (C=O) groups excluding carboxylic acids is 1. The van der Waals surface area contributed by atoms with Crippen molar-refractivity contribution < 1.29 is 9.53 Å². The van der Waals surface area contributed by atoms with Crippen LogP contribution in [0.5, 0.6) is 0 Å². The number of Topliss-reactive ketones (excluding diaryl/α,β-unsaturated/α-hetero) is 1. The van der Waals surface area contributed by atoms with Crippen molar-refractivity contribution in [3.63, 3.8) is 0 Å². The molecule has 0 radical (unpaired) electrons. The molecule has 20 heavy (non-hydrogen) atoms.